The zero-order valence-electron chi connectivity index (χ0n) is 18.4. The number of hydrogen-bond donors (Lipinski definition) is 1. The van der Waals surface area contributed by atoms with E-state index in [0.717, 1.165) is 16.8 Å². The molecule has 1 N–H and O–H groups in total. The summed E-state index contributed by atoms with van der Waals surface area (Å²) in [5, 5.41) is 7.00. The summed E-state index contributed by atoms with van der Waals surface area (Å²) < 4.78 is 29.9. The van der Waals surface area contributed by atoms with Crippen molar-refractivity contribution in [2.45, 2.75) is 51.1 Å². The van der Waals surface area contributed by atoms with Gasteiger partial charge in [0, 0.05) is 13.1 Å². The molecule has 0 saturated carbocycles. The molecule has 9 heteroatoms. The van der Waals surface area contributed by atoms with Crippen LogP contribution >= 0.6 is 0 Å². The van der Waals surface area contributed by atoms with Crippen LogP contribution in [-0.2, 0) is 21.4 Å². The van der Waals surface area contributed by atoms with Crippen LogP contribution in [0.4, 0.5) is 0 Å². The predicted molar refractivity (Wildman–Crippen MR) is 121 cm³/mol. The third-order valence-corrected chi connectivity index (χ3v) is 7.98. The smallest absolute Gasteiger partial charge is 0.244 e. The summed E-state index contributed by atoms with van der Waals surface area (Å²) in [4.78, 5) is 17.2. The minimum Gasteiger partial charge on any atom is -0.351 e. The minimum absolute atomic E-state index is 0.270. The highest BCUT2D eigenvalue weighted by atomic mass is 32.2. The standard InChI is InChI=1S/C23H27N5O3S/c1-16-11-17(2)22(18(3)12-16)32(30,31)28-10-4-5-21(28)23(29)25-13-19-6-8-20(9-7-19)27-15-24-14-26-27/h6-9,11-12,14-15,21H,4-5,10,13H2,1-3H3,(H,25,29). The maximum absolute atomic E-state index is 13.5. The molecule has 1 fully saturated rings. The molecule has 1 aliphatic rings. The first-order valence-electron chi connectivity index (χ1n) is 10.6. The molecule has 168 valence electrons. The normalized spacial score (nSPS) is 16.9. The zero-order valence-corrected chi connectivity index (χ0v) is 19.3. The van der Waals surface area contributed by atoms with E-state index in [9.17, 15) is 13.2 Å². The van der Waals surface area contributed by atoms with E-state index in [-0.39, 0.29) is 5.91 Å². The Labute approximate surface area is 188 Å². The number of carbonyl (C=O) groups is 1. The summed E-state index contributed by atoms with van der Waals surface area (Å²) in [5.41, 5.74) is 4.22. The van der Waals surface area contributed by atoms with E-state index >= 15 is 0 Å². The van der Waals surface area contributed by atoms with Gasteiger partial charge >= 0.3 is 0 Å². The fourth-order valence-corrected chi connectivity index (χ4v) is 6.47. The average Bonchev–Trinajstić information content (AvgIpc) is 3.44. The summed E-state index contributed by atoms with van der Waals surface area (Å²) in [7, 11) is -3.77. The van der Waals surface area contributed by atoms with Crippen molar-refractivity contribution in [1.29, 1.82) is 0 Å². The lowest BCUT2D eigenvalue weighted by Gasteiger charge is -2.25. The number of hydrogen-bond acceptors (Lipinski definition) is 5. The van der Waals surface area contributed by atoms with Crippen molar-refractivity contribution in [3.63, 3.8) is 0 Å². The molecule has 0 spiro atoms. The molecule has 1 unspecified atom stereocenters. The molecule has 1 aromatic heterocycles. The van der Waals surface area contributed by atoms with Crippen LogP contribution in [0.1, 0.15) is 35.1 Å². The van der Waals surface area contributed by atoms with Gasteiger partial charge in [-0.2, -0.15) is 9.40 Å². The van der Waals surface area contributed by atoms with E-state index in [1.807, 2.05) is 43.3 Å². The third-order valence-electron chi connectivity index (χ3n) is 5.76. The monoisotopic (exact) mass is 453 g/mol. The van der Waals surface area contributed by atoms with Gasteiger partial charge in [-0.1, -0.05) is 29.8 Å². The van der Waals surface area contributed by atoms with Gasteiger partial charge in [0.25, 0.3) is 0 Å². The largest absolute Gasteiger partial charge is 0.351 e. The first-order valence-corrected chi connectivity index (χ1v) is 12.0. The number of carbonyl (C=O) groups excluding carboxylic acids is 1. The molecule has 0 aliphatic carbocycles. The van der Waals surface area contributed by atoms with Gasteiger partial charge in [0.05, 0.1) is 10.6 Å². The topological polar surface area (TPSA) is 97.2 Å². The van der Waals surface area contributed by atoms with Gasteiger partial charge in [0.2, 0.25) is 15.9 Å². The van der Waals surface area contributed by atoms with Crippen molar-refractivity contribution >= 4 is 15.9 Å². The number of amides is 1. The molecule has 2 heterocycles. The number of nitrogens with one attached hydrogen (secondary N) is 1. The second kappa shape index (κ2) is 8.84. The Morgan fingerprint density at radius 2 is 1.81 bits per heavy atom. The average molecular weight is 454 g/mol. The molecule has 2 aromatic carbocycles. The lowest BCUT2D eigenvalue weighted by atomic mass is 10.1. The van der Waals surface area contributed by atoms with Gasteiger partial charge < -0.3 is 5.32 Å². The fourth-order valence-electron chi connectivity index (χ4n) is 4.40. The number of aryl methyl sites for hydroxylation is 3. The molecule has 0 bridgehead atoms. The highest BCUT2D eigenvalue weighted by Crippen LogP contribution is 2.30. The van der Waals surface area contributed by atoms with Crippen LogP contribution in [-0.4, -0.2) is 46.0 Å². The summed E-state index contributed by atoms with van der Waals surface area (Å²) >= 11 is 0. The van der Waals surface area contributed by atoms with Crippen LogP contribution < -0.4 is 5.32 Å². The Morgan fingerprint density at radius 1 is 1.12 bits per heavy atom. The van der Waals surface area contributed by atoms with Crippen LogP contribution in [0.15, 0.2) is 53.9 Å². The zero-order chi connectivity index (χ0) is 22.9. The van der Waals surface area contributed by atoms with E-state index in [1.54, 1.807) is 24.9 Å². The Kier molecular flexibility index (Phi) is 6.12. The van der Waals surface area contributed by atoms with Crippen molar-refractivity contribution in [3.05, 3.63) is 71.3 Å². The predicted octanol–water partition coefficient (Wildman–Crippen LogP) is 2.66. The third kappa shape index (κ3) is 4.31. The van der Waals surface area contributed by atoms with E-state index in [1.165, 1.54) is 10.6 Å². The second-order valence-corrected chi connectivity index (χ2v) is 10.1. The Morgan fingerprint density at radius 3 is 2.44 bits per heavy atom. The Balaban J connectivity index is 1.47. The van der Waals surface area contributed by atoms with Gasteiger partial charge in [0.1, 0.15) is 18.7 Å². The van der Waals surface area contributed by atoms with Crippen molar-refractivity contribution in [1.82, 2.24) is 24.4 Å². The highest BCUT2D eigenvalue weighted by molar-refractivity contribution is 7.89. The van der Waals surface area contributed by atoms with Gasteiger partial charge in [0.15, 0.2) is 0 Å². The van der Waals surface area contributed by atoms with E-state index < -0.39 is 16.1 Å². The highest BCUT2D eigenvalue weighted by Gasteiger charge is 2.40. The van der Waals surface area contributed by atoms with Crippen LogP contribution in [0.2, 0.25) is 0 Å². The van der Waals surface area contributed by atoms with Crippen molar-refractivity contribution in [3.8, 4) is 5.69 Å². The van der Waals surface area contributed by atoms with E-state index in [2.05, 4.69) is 15.4 Å². The lowest BCUT2D eigenvalue weighted by molar-refractivity contribution is -0.124. The van der Waals surface area contributed by atoms with E-state index in [4.69, 9.17) is 0 Å². The molecule has 1 saturated heterocycles. The molecule has 8 nitrogen and oxygen atoms in total. The molecule has 4 rings (SSSR count). The summed E-state index contributed by atoms with van der Waals surface area (Å²) in [6.45, 7) is 6.23. The molecule has 3 aromatic rings. The number of rotatable bonds is 6. The van der Waals surface area contributed by atoms with Gasteiger partial charge in [-0.15, -0.1) is 0 Å². The van der Waals surface area contributed by atoms with Crippen molar-refractivity contribution in [2.24, 2.45) is 0 Å². The molecule has 1 amide bonds. The first-order chi connectivity index (χ1) is 15.3. The van der Waals surface area contributed by atoms with Crippen LogP contribution in [0.3, 0.4) is 0 Å². The molecular formula is C23H27N5O3S. The SMILES string of the molecule is Cc1cc(C)c(S(=O)(=O)N2CCCC2C(=O)NCc2ccc(-n3cncn3)cc2)c(C)c1. The van der Waals surface area contributed by atoms with Gasteiger partial charge in [-0.25, -0.2) is 18.1 Å². The number of benzene rings is 2. The van der Waals surface area contributed by atoms with Crippen LogP contribution in [0.5, 0.6) is 0 Å². The van der Waals surface area contributed by atoms with Crippen LogP contribution in [0, 0.1) is 20.8 Å². The number of nitrogens with zero attached hydrogens (tertiary/aromatic N) is 4. The number of aromatic nitrogens is 3. The maximum Gasteiger partial charge on any atom is 0.244 e. The molecule has 1 aliphatic heterocycles. The minimum atomic E-state index is -3.77. The molecule has 0 radical (unpaired) electrons. The van der Waals surface area contributed by atoms with Crippen molar-refractivity contribution < 1.29 is 13.2 Å². The van der Waals surface area contributed by atoms with Gasteiger partial charge in [-0.3, -0.25) is 4.79 Å². The Hall–Kier alpha value is -3.04. The molecular weight excluding hydrogens is 426 g/mol. The summed E-state index contributed by atoms with van der Waals surface area (Å²) in [6, 6.07) is 10.6. The summed E-state index contributed by atoms with van der Waals surface area (Å²) in [6.07, 6.45) is 4.26. The number of sulfonamides is 1. The maximum atomic E-state index is 13.5. The molecule has 1 atom stereocenters. The Bertz CT molecular complexity index is 1200. The fraction of sp³-hybridized carbons (Fsp3) is 0.348. The van der Waals surface area contributed by atoms with Crippen molar-refractivity contribution in [2.75, 3.05) is 6.54 Å². The van der Waals surface area contributed by atoms with Gasteiger partial charge in [-0.05, 0) is 62.4 Å². The van der Waals surface area contributed by atoms with E-state index in [0.29, 0.717) is 42.0 Å². The molecule has 32 heavy (non-hydrogen) atoms. The summed E-state index contributed by atoms with van der Waals surface area (Å²) in [5.74, 6) is -0.270. The van der Waals surface area contributed by atoms with Crippen LogP contribution in [0.25, 0.3) is 5.69 Å². The lowest BCUT2D eigenvalue weighted by Crippen LogP contribution is -2.45. The quantitative estimate of drug-likeness (QED) is 0.619. The first kappa shape index (κ1) is 22.2. The second-order valence-electron chi connectivity index (χ2n) is 8.23.